The Hall–Kier alpha value is -0.540. The Kier molecular flexibility index (Phi) is 4.93. The monoisotopic (exact) mass is 190 g/mol. The molecule has 1 rings (SSSR count). The lowest BCUT2D eigenvalue weighted by Gasteiger charge is -1.88. The van der Waals surface area contributed by atoms with E-state index in [4.69, 9.17) is 10.2 Å². The summed E-state index contributed by atoms with van der Waals surface area (Å²) in [5.74, 6) is 1.62. The van der Waals surface area contributed by atoms with Crippen LogP contribution in [0.5, 0.6) is 0 Å². The van der Waals surface area contributed by atoms with Gasteiger partial charge in [-0.05, 0) is 13.3 Å². The maximum atomic E-state index is 5.43. The molecule has 0 fully saturated rings. The molecule has 12 heavy (non-hydrogen) atoms. The molecule has 0 aliphatic rings. The summed E-state index contributed by atoms with van der Waals surface area (Å²) >= 11 is 0. The quantitative estimate of drug-likeness (QED) is 0.791. The van der Waals surface area contributed by atoms with Gasteiger partial charge in [0.15, 0.2) is 5.89 Å². The predicted octanol–water partition coefficient (Wildman–Crippen LogP) is 1.82. The van der Waals surface area contributed by atoms with Gasteiger partial charge in [0.1, 0.15) is 5.76 Å². The topological polar surface area (TPSA) is 52.0 Å². The van der Waals surface area contributed by atoms with Gasteiger partial charge in [0.05, 0.1) is 12.2 Å². The van der Waals surface area contributed by atoms with E-state index < -0.39 is 0 Å². The number of rotatable bonds is 3. The number of halogens is 1. The van der Waals surface area contributed by atoms with Crippen LogP contribution in [-0.2, 0) is 13.0 Å². The first-order valence-corrected chi connectivity index (χ1v) is 3.93. The Morgan fingerprint density at radius 1 is 1.50 bits per heavy atom. The number of nitrogens with zero attached hydrogens (tertiary/aromatic N) is 1. The number of oxazole rings is 1. The Labute approximate surface area is 78.8 Å². The lowest BCUT2D eigenvalue weighted by Crippen LogP contribution is -1.95. The van der Waals surface area contributed by atoms with Crippen molar-refractivity contribution >= 4 is 12.4 Å². The second kappa shape index (κ2) is 5.17. The fourth-order valence-corrected chi connectivity index (χ4v) is 0.998. The summed E-state index contributed by atoms with van der Waals surface area (Å²) in [7, 11) is 0. The van der Waals surface area contributed by atoms with Gasteiger partial charge in [-0.25, -0.2) is 4.98 Å². The molecule has 0 amide bonds. The first kappa shape index (κ1) is 11.5. The summed E-state index contributed by atoms with van der Waals surface area (Å²) in [6, 6.07) is 0. The third-order valence-electron chi connectivity index (χ3n) is 1.59. The molecular formula is C8H15ClN2O. The van der Waals surface area contributed by atoms with E-state index in [-0.39, 0.29) is 12.4 Å². The summed E-state index contributed by atoms with van der Waals surface area (Å²) < 4.78 is 5.37. The van der Waals surface area contributed by atoms with E-state index in [9.17, 15) is 0 Å². The van der Waals surface area contributed by atoms with Gasteiger partial charge in [-0.3, -0.25) is 0 Å². The molecule has 1 aromatic rings. The van der Waals surface area contributed by atoms with Gasteiger partial charge < -0.3 is 10.2 Å². The fourth-order valence-electron chi connectivity index (χ4n) is 0.998. The molecule has 4 heteroatoms. The van der Waals surface area contributed by atoms with E-state index in [1.807, 2.05) is 6.92 Å². The zero-order valence-electron chi connectivity index (χ0n) is 7.46. The van der Waals surface area contributed by atoms with Crippen LogP contribution < -0.4 is 5.73 Å². The minimum absolute atomic E-state index is 0. The Bertz CT molecular complexity index is 235. The van der Waals surface area contributed by atoms with Crippen LogP contribution in [0.1, 0.15) is 30.7 Å². The molecule has 0 bridgehead atoms. The van der Waals surface area contributed by atoms with Crippen LogP contribution >= 0.6 is 12.4 Å². The van der Waals surface area contributed by atoms with Crippen molar-refractivity contribution in [2.45, 2.75) is 33.2 Å². The lowest BCUT2D eigenvalue weighted by atomic mass is 10.3. The van der Waals surface area contributed by atoms with Crippen molar-refractivity contribution in [3.05, 3.63) is 17.3 Å². The zero-order chi connectivity index (χ0) is 8.27. The van der Waals surface area contributed by atoms with Gasteiger partial charge in [-0.2, -0.15) is 0 Å². The van der Waals surface area contributed by atoms with Gasteiger partial charge >= 0.3 is 0 Å². The van der Waals surface area contributed by atoms with Crippen molar-refractivity contribution in [2.75, 3.05) is 0 Å². The summed E-state index contributed by atoms with van der Waals surface area (Å²) in [5, 5.41) is 0. The number of hydrogen-bond donors (Lipinski definition) is 1. The van der Waals surface area contributed by atoms with Gasteiger partial charge in [0.25, 0.3) is 0 Å². The molecule has 0 atom stereocenters. The van der Waals surface area contributed by atoms with Crippen molar-refractivity contribution in [2.24, 2.45) is 5.73 Å². The molecule has 1 aromatic heterocycles. The highest BCUT2D eigenvalue weighted by Crippen LogP contribution is 2.10. The Morgan fingerprint density at radius 3 is 2.58 bits per heavy atom. The van der Waals surface area contributed by atoms with Gasteiger partial charge in [-0.1, -0.05) is 6.92 Å². The van der Waals surface area contributed by atoms with Gasteiger partial charge in [0, 0.05) is 6.42 Å². The smallest absolute Gasteiger partial charge is 0.194 e. The molecule has 0 aliphatic carbocycles. The average molecular weight is 191 g/mol. The second-order valence-corrected chi connectivity index (χ2v) is 2.57. The van der Waals surface area contributed by atoms with Crippen molar-refractivity contribution in [1.82, 2.24) is 4.98 Å². The number of aryl methyl sites for hydroxylation is 2. The van der Waals surface area contributed by atoms with E-state index in [1.54, 1.807) is 0 Å². The van der Waals surface area contributed by atoms with E-state index in [1.165, 1.54) is 0 Å². The highest BCUT2D eigenvalue weighted by atomic mass is 35.5. The van der Waals surface area contributed by atoms with Crippen molar-refractivity contribution in [1.29, 1.82) is 0 Å². The van der Waals surface area contributed by atoms with Crippen LogP contribution in [0.2, 0.25) is 0 Å². The fraction of sp³-hybridized carbons (Fsp3) is 0.625. The van der Waals surface area contributed by atoms with E-state index in [2.05, 4.69) is 11.9 Å². The van der Waals surface area contributed by atoms with Crippen molar-refractivity contribution in [3.8, 4) is 0 Å². The largest absolute Gasteiger partial charge is 0.444 e. The van der Waals surface area contributed by atoms with Crippen LogP contribution in [0.3, 0.4) is 0 Å². The molecule has 0 saturated carbocycles. The van der Waals surface area contributed by atoms with E-state index >= 15 is 0 Å². The molecule has 0 radical (unpaired) electrons. The lowest BCUT2D eigenvalue weighted by molar-refractivity contribution is 0.453. The Morgan fingerprint density at radius 2 is 2.17 bits per heavy atom. The maximum Gasteiger partial charge on any atom is 0.194 e. The molecule has 3 nitrogen and oxygen atoms in total. The average Bonchev–Trinajstić information content (AvgIpc) is 2.32. The molecule has 2 N–H and O–H groups in total. The van der Waals surface area contributed by atoms with Crippen LogP contribution in [0.4, 0.5) is 0 Å². The third-order valence-corrected chi connectivity index (χ3v) is 1.59. The SMILES string of the molecule is CCCc1nc(C)c(CN)o1.Cl. The van der Waals surface area contributed by atoms with Crippen LogP contribution in [0.15, 0.2) is 4.42 Å². The van der Waals surface area contributed by atoms with Gasteiger partial charge in [0.2, 0.25) is 0 Å². The highest BCUT2D eigenvalue weighted by Gasteiger charge is 2.05. The normalized spacial score (nSPS) is 9.58. The minimum Gasteiger partial charge on any atom is -0.444 e. The molecule has 0 unspecified atom stereocenters. The number of aromatic nitrogens is 1. The van der Waals surface area contributed by atoms with Crippen molar-refractivity contribution < 1.29 is 4.42 Å². The minimum atomic E-state index is 0. The predicted molar refractivity (Wildman–Crippen MR) is 50.4 cm³/mol. The number of hydrogen-bond acceptors (Lipinski definition) is 3. The van der Waals surface area contributed by atoms with Crippen LogP contribution in [-0.4, -0.2) is 4.98 Å². The van der Waals surface area contributed by atoms with Crippen molar-refractivity contribution in [3.63, 3.8) is 0 Å². The first-order chi connectivity index (χ1) is 5.27. The summed E-state index contributed by atoms with van der Waals surface area (Å²) in [5.41, 5.74) is 6.35. The summed E-state index contributed by atoms with van der Waals surface area (Å²) in [6.07, 6.45) is 1.96. The van der Waals surface area contributed by atoms with E-state index in [0.29, 0.717) is 6.54 Å². The highest BCUT2D eigenvalue weighted by molar-refractivity contribution is 5.85. The standard InChI is InChI=1S/C8H14N2O.ClH/c1-3-4-8-10-6(2)7(5-9)11-8;/h3-5,9H2,1-2H3;1H. The van der Waals surface area contributed by atoms with Crippen LogP contribution in [0.25, 0.3) is 0 Å². The second-order valence-electron chi connectivity index (χ2n) is 2.57. The molecule has 0 aromatic carbocycles. The summed E-state index contributed by atoms with van der Waals surface area (Å²) in [6.45, 7) is 4.47. The third kappa shape index (κ3) is 2.50. The summed E-state index contributed by atoms with van der Waals surface area (Å²) in [4.78, 5) is 4.22. The first-order valence-electron chi connectivity index (χ1n) is 3.93. The molecule has 0 aliphatic heterocycles. The Balaban J connectivity index is 0.00000121. The van der Waals surface area contributed by atoms with E-state index in [0.717, 1.165) is 30.2 Å². The molecule has 0 saturated heterocycles. The molecule has 70 valence electrons. The molecule has 0 spiro atoms. The molecular weight excluding hydrogens is 176 g/mol. The molecule has 1 heterocycles. The maximum absolute atomic E-state index is 5.43. The number of nitrogens with two attached hydrogens (primary N) is 1. The van der Waals surface area contributed by atoms with Crippen LogP contribution in [0, 0.1) is 6.92 Å². The zero-order valence-corrected chi connectivity index (χ0v) is 8.28. The van der Waals surface area contributed by atoms with Gasteiger partial charge in [-0.15, -0.1) is 12.4 Å².